The molecule has 0 heterocycles. The van der Waals surface area contributed by atoms with Gasteiger partial charge < -0.3 is 10.5 Å². The molecular weight excluding hydrogens is 262 g/mol. The number of rotatable bonds is 5. The maximum absolute atomic E-state index is 11.0. The first kappa shape index (κ1) is 14.3. The van der Waals surface area contributed by atoms with Crippen LogP contribution in [0.15, 0.2) is 18.2 Å². The fraction of sp³-hybridized carbons (Fsp3) is 0.455. The minimum Gasteiger partial charge on any atom is -0.492 e. The van der Waals surface area contributed by atoms with E-state index in [0.29, 0.717) is 10.8 Å². The lowest BCUT2D eigenvalue weighted by molar-refractivity contribution is 0.335. The molecule has 0 saturated carbocycles. The van der Waals surface area contributed by atoms with Crippen LogP contribution < -0.4 is 10.5 Å². The number of halogens is 1. The minimum atomic E-state index is -3.02. The van der Waals surface area contributed by atoms with Crippen molar-refractivity contribution in [1.29, 1.82) is 0 Å². The lowest BCUT2D eigenvalue weighted by Crippen LogP contribution is -2.14. The Balaban J connectivity index is 2.77. The predicted octanol–water partition coefficient (Wildman–Crippen LogP) is 1.78. The summed E-state index contributed by atoms with van der Waals surface area (Å²) in [5.74, 6) is 0.557. The van der Waals surface area contributed by atoms with Gasteiger partial charge in [0.05, 0.1) is 5.75 Å². The molecule has 4 nitrogen and oxygen atoms in total. The highest BCUT2D eigenvalue weighted by Gasteiger charge is 2.10. The van der Waals surface area contributed by atoms with Crippen molar-refractivity contribution >= 4 is 21.4 Å². The predicted molar refractivity (Wildman–Crippen MR) is 69.3 cm³/mol. The monoisotopic (exact) mass is 277 g/mol. The summed E-state index contributed by atoms with van der Waals surface area (Å²) in [5.41, 5.74) is 6.55. The molecule has 96 valence electrons. The molecule has 6 heteroatoms. The molecule has 1 unspecified atom stereocenters. The summed E-state index contributed by atoms with van der Waals surface area (Å²) in [7, 11) is -3.02. The van der Waals surface area contributed by atoms with E-state index in [4.69, 9.17) is 22.1 Å². The summed E-state index contributed by atoms with van der Waals surface area (Å²) in [6, 6.07) is 4.89. The zero-order valence-corrected chi connectivity index (χ0v) is 11.4. The molecule has 0 radical (unpaired) electrons. The third kappa shape index (κ3) is 4.93. The standard InChI is InChI=1S/C11H16ClNO3S/c1-8(13)10-7-9(12)3-4-11(10)16-5-6-17(2,14)15/h3-4,7-8H,5-6,13H2,1-2H3. The molecule has 0 aromatic heterocycles. The second-order valence-corrected chi connectivity index (χ2v) is 6.65. The van der Waals surface area contributed by atoms with Crippen molar-refractivity contribution in [2.75, 3.05) is 18.6 Å². The van der Waals surface area contributed by atoms with Crippen molar-refractivity contribution < 1.29 is 13.2 Å². The number of hydrogen-bond donors (Lipinski definition) is 1. The van der Waals surface area contributed by atoms with Gasteiger partial charge in [0.15, 0.2) is 9.84 Å². The average molecular weight is 278 g/mol. The van der Waals surface area contributed by atoms with Crippen LogP contribution in [0.4, 0.5) is 0 Å². The maximum atomic E-state index is 11.0. The van der Waals surface area contributed by atoms with Crippen molar-refractivity contribution in [3.63, 3.8) is 0 Å². The molecular formula is C11H16ClNO3S. The van der Waals surface area contributed by atoms with E-state index >= 15 is 0 Å². The van der Waals surface area contributed by atoms with Gasteiger partial charge in [-0.2, -0.15) is 0 Å². The molecule has 17 heavy (non-hydrogen) atoms. The smallest absolute Gasteiger partial charge is 0.150 e. The summed E-state index contributed by atoms with van der Waals surface area (Å²) in [5, 5.41) is 0.577. The lowest BCUT2D eigenvalue weighted by atomic mass is 10.1. The van der Waals surface area contributed by atoms with Gasteiger partial charge in [-0.05, 0) is 25.1 Å². The minimum absolute atomic E-state index is 0.0198. The van der Waals surface area contributed by atoms with E-state index in [1.165, 1.54) is 6.26 Å². The van der Waals surface area contributed by atoms with Gasteiger partial charge in [0, 0.05) is 22.9 Å². The number of sulfone groups is 1. The maximum Gasteiger partial charge on any atom is 0.150 e. The molecule has 1 atom stereocenters. The first-order valence-corrected chi connectivity index (χ1v) is 7.59. The van der Waals surface area contributed by atoms with Crippen LogP contribution in [0, 0.1) is 0 Å². The average Bonchev–Trinajstić information content (AvgIpc) is 2.18. The molecule has 0 bridgehead atoms. The Morgan fingerprint density at radius 1 is 1.47 bits per heavy atom. The summed E-state index contributed by atoms with van der Waals surface area (Å²) in [6.45, 7) is 1.93. The van der Waals surface area contributed by atoms with Gasteiger partial charge in [0.1, 0.15) is 12.4 Å². The van der Waals surface area contributed by atoms with Crippen LogP contribution in [0.3, 0.4) is 0 Å². The van der Waals surface area contributed by atoms with Crippen LogP contribution >= 0.6 is 11.6 Å². The van der Waals surface area contributed by atoms with Crippen LogP contribution in [0.25, 0.3) is 0 Å². The van der Waals surface area contributed by atoms with Gasteiger partial charge in [0.2, 0.25) is 0 Å². The first-order valence-electron chi connectivity index (χ1n) is 5.15. The Morgan fingerprint density at radius 2 is 2.12 bits per heavy atom. The highest BCUT2D eigenvalue weighted by atomic mass is 35.5. The van der Waals surface area contributed by atoms with Crippen LogP contribution in [0.2, 0.25) is 5.02 Å². The van der Waals surface area contributed by atoms with Gasteiger partial charge in [0.25, 0.3) is 0 Å². The second kappa shape index (κ2) is 5.71. The van der Waals surface area contributed by atoms with Gasteiger partial charge in [-0.3, -0.25) is 0 Å². The normalized spacial score (nSPS) is 13.4. The highest BCUT2D eigenvalue weighted by molar-refractivity contribution is 7.90. The third-order valence-corrected chi connectivity index (χ3v) is 3.32. The van der Waals surface area contributed by atoms with Gasteiger partial charge >= 0.3 is 0 Å². The van der Waals surface area contributed by atoms with Crippen LogP contribution in [-0.2, 0) is 9.84 Å². The van der Waals surface area contributed by atoms with Gasteiger partial charge in [-0.15, -0.1) is 0 Å². The quantitative estimate of drug-likeness (QED) is 0.891. The zero-order valence-electron chi connectivity index (χ0n) is 9.81. The fourth-order valence-electron chi connectivity index (χ4n) is 1.31. The Bertz CT molecular complexity index is 485. The Hall–Kier alpha value is -0.780. The van der Waals surface area contributed by atoms with Crippen LogP contribution in [0.1, 0.15) is 18.5 Å². The molecule has 0 aliphatic rings. The Labute approximate surface area is 107 Å². The van der Waals surface area contributed by atoms with Crippen molar-refractivity contribution in [2.24, 2.45) is 5.73 Å². The molecule has 0 spiro atoms. The molecule has 1 aromatic carbocycles. The summed E-state index contributed by atoms with van der Waals surface area (Å²) in [6.07, 6.45) is 1.17. The highest BCUT2D eigenvalue weighted by Crippen LogP contribution is 2.27. The molecule has 0 aliphatic heterocycles. The Kier molecular flexibility index (Phi) is 4.80. The first-order chi connectivity index (χ1) is 7.79. The van der Waals surface area contributed by atoms with E-state index in [1.807, 2.05) is 6.92 Å². The number of ether oxygens (including phenoxy) is 1. The lowest BCUT2D eigenvalue weighted by Gasteiger charge is -2.14. The van der Waals surface area contributed by atoms with Gasteiger partial charge in [-0.25, -0.2) is 8.42 Å². The van der Waals surface area contributed by atoms with Crippen LogP contribution in [-0.4, -0.2) is 27.0 Å². The van der Waals surface area contributed by atoms with Crippen molar-refractivity contribution in [3.05, 3.63) is 28.8 Å². The van der Waals surface area contributed by atoms with Crippen molar-refractivity contribution in [1.82, 2.24) is 0 Å². The third-order valence-electron chi connectivity index (χ3n) is 2.17. The number of hydrogen-bond acceptors (Lipinski definition) is 4. The molecule has 1 rings (SSSR count). The van der Waals surface area contributed by atoms with E-state index in [1.54, 1.807) is 18.2 Å². The zero-order chi connectivity index (χ0) is 13.1. The molecule has 0 amide bonds. The van der Waals surface area contributed by atoms with Gasteiger partial charge in [-0.1, -0.05) is 11.6 Å². The molecule has 1 aromatic rings. The SMILES string of the molecule is CC(N)c1cc(Cl)ccc1OCCS(C)(=O)=O. The molecule has 0 fully saturated rings. The number of nitrogens with two attached hydrogens (primary N) is 1. The van der Waals surface area contributed by atoms with E-state index in [9.17, 15) is 8.42 Å². The Morgan fingerprint density at radius 3 is 2.65 bits per heavy atom. The van der Waals surface area contributed by atoms with E-state index in [-0.39, 0.29) is 18.4 Å². The summed E-state index contributed by atoms with van der Waals surface area (Å²) < 4.78 is 27.3. The van der Waals surface area contributed by atoms with E-state index in [0.717, 1.165) is 5.56 Å². The number of benzene rings is 1. The van der Waals surface area contributed by atoms with Crippen molar-refractivity contribution in [3.8, 4) is 5.75 Å². The topological polar surface area (TPSA) is 69.4 Å². The molecule has 0 aliphatic carbocycles. The molecule has 0 saturated heterocycles. The van der Waals surface area contributed by atoms with Crippen LogP contribution in [0.5, 0.6) is 5.75 Å². The van der Waals surface area contributed by atoms with E-state index in [2.05, 4.69) is 0 Å². The van der Waals surface area contributed by atoms with Crippen molar-refractivity contribution in [2.45, 2.75) is 13.0 Å². The molecule has 2 N–H and O–H groups in total. The summed E-state index contributed by atoms with van der Waals surface area (Å²) in [4.78, 5) is 0. The summed E-state index contributed by atoms with van der Waals surface area (Å²) >= 11 is 5.86. The van der Waals surface area contributed by atoms with E-state index < -0.39 is 9.84 Å². The fourth-order valence-corrected chi connectivity index (χ4v) is 1.88. The largest absolute Gasteiger partial charge is 0.492 e. The second-order valence-electron chi connectivity index (χ2n) is 3.95.